The summed E-state index contributed by atoms with van der Waals surface area (Å²) in [4.78, 5) is 0. The van der Waals surface area contributed by atoms with E-state index in [4.69, 9.17) is 0 Å². The first kappa shape index (κ1) is 16.2. The molecule has 0 amide bonds. The summed E-state index contributed by atoms with van der Waals surface area (Å²) in [6, 6.07) is 0. The summed E-state index contributed by atoms with van der Waals surface area (Å²) < 4.78 is 0. The molecular formula is C17H30. The molecule has 1 unspecified atom stereocenters. The Morgan fingerprint density at radius 2 is 1.53 bits per heavy atom. The third-order valence-electron chi connectivity index (χ3n) is 3.27. The van der Waals surface area contributed by atoms with Crippen molar-refractivity contribution >= 4 is 0 Å². The molecule has 0 N–H and O–H groups in total. The summed E-state index contributed by atoms with van der Waals surface area (Å²) in [5.74, 6) is 0.542. The average molecular weight is 234 g/mol. The van der Waals surface area contributed by atoms with Crippen LogP contribution in [0.15, 0.2) is 36.5 Å². The second-order valence-electron chi connectivity index (χ2n) is 6.53. The van der Waals surface area contributed by atoms with Crippen LogP contribution in [0.2, 0.25) is 0 Å². The van der Waals surface area contributed by atoms with Gasteiger partial charge in [0.15, 0.2) is 0 Å². The lowest BCUT2D eigenvalue weighted by Gasteiger charge is -2.32. The first-order valence-corrected chi connectivity index (χ1v) is 6.61. The lowest BCUT2D eigenvalue weighted by molar-refractivity contribution is 0.276. The normalized spacial score (nSPS) is 13.2. The Kier molecular flexibility index (Phi) is 6.52. The summed E-state index contributed by atoms with van der Waals surface area (Å²) in [5.41, 5.74) is 4.18. The quantitative estimate of drug-likeness (QED) is 0.480. The highest BCUT2D eigenvalue weighted by atomic mass is 14.3. The second-order valence-corrected chi connectivity index (χ2v) is 6.53. The van der Waals surface area contributed by atoms with Crippen molar-refractivity contribution in [3.05, 3.63) is 36.5 Å². The lowest BCUT2D eigenvalue weighted by atomic mass is 9.73. The third-order valence-corrected chi connectivity index (χ3v) is 3.27. The fourth-order valence-corrected chi connectivity index (χ4v) is 2.25. The Hall–Kier alpha value is -0.780. The molecule has 0 nitrogen and oxygen atoms in total. The van der Waals surface area contributed by atoms with Gasteiger partial charge in [-0.2, -0.15) is 0 Å². The molecule has 0 radical (unpaired) electrons. The first-order valence-electron chi connectivity index (χ1n) is 6.61. The van der Waals surface area contributed by atoms with E-state index in [0.29, 0.717) is 5.92 Å². The summed E-state index contributed by atoms with van der Waals surface area (Å²) in [6.45, 7) is 23.4. The molecule has 0 spiro atoms. The van der Waals surface area contributed by atoms with Gasteiger partial charge >= 0.3 is 0 Å². The average Bonchev–Trinajstić information content (AvgIpc) is 2.11. The van der Waals surface area contributed by atoms with Gasteiger partial charge in [0, 0.05) is 0 Å². The molecule has 0 aromatic rings. The topological polar surface area (TPSA) is 0 Å². The summed E-state index contributed by atoms with van der Waals surface area (Å²) in [7, 11) is 0. The smallest absolute Gasteiger partial charge is 0.0123 e. The molecule has 0 aliphatic heterocycles. The molecule has 17 heavy (non-hydrogen) atoms. The number of rotatable bonds is 7. The second kappa shape index (κ2) is 6.83. The monoisotopic (exact) mass is 234 g/mol. The van der Waals surface area contributed by atoms with E-state index < -0.39 is 0 Å². The van der Waals surface area contributed by atoms with Gasteiger partial charge in [0.1, 0.15) is 0 Å². The summed E-state index contributed by atoms with van der Waals surface area (Å²) in [6.07, 6.45) is 4.50. The molecule has 0 fully saturated rings. The van der Waals surface area contributed by atoms with E-state index in [1.54, 1.807) is 0 Å². The van der Waals surface area contributed by atoms with Crippen molar-refractivity contribution in [1.82, 2.24) is 0 Å². The highest BCUT2D eigenvalue weighted by molar-refractivity contribution is 5.09. The van der Waals surface area contributed by atoms with E-state index in [9.17, 15) is 0 Å². The molecule has 0 aliphatic carbocycles. The number of hydrogen-bond donors (Lipinski definition) is 0. The van der Waals surface area contributed by atoms with E-state index in [0.717, 1.165) is 19.3 Å². The Morgan fingerprint density at radius 1 is 1.00 bits per heavy atom. The van der Waals surface area contributed by atoms with Crippen molar-refractivity contribution in [3.63, 3.8) is 0 Å². The van der Waals surface area contributed by atoms with Gasteiger partial charge in [-0.3, -0.25) is 0 Å². The predicted octanol–water partition coefficient (Wildman–Crippen LogP) is 5.92. The highest BCUT2D eigenvalue weighted by Crippen LogP contribution is 2.36. The van der Waals surface area contributed by atoms with Crippen LogP contribution in [0.4, 0.5) is 0 Å². The fraction of sp³-hybridized carbons (Fsp3) is 0.647. The lowest BCUT2D eigenvalue weighted by Crippen LogP contribution is -2.21. The highest BCUT2D eigenvalue weighted by Gasteiger charge is 2.25. The number of allylic oxidation sites excluding steroid dienone is 3. The van der Waals surface area contributed by atoms with E-state index in [-0.39, 0.29) is 5.41 Å². The van der Waals surface area contributed by atoms with Gasteiger partial charge in [0.05, 0.1) is 0 Å². The van der Waals surface area contributed by atoms with Gasteiger partial charge in [-0.1, -0.05) is 50.6 Å². The van der Waals surface area contributed by atoms with Crippen LogP contribution in [-0.2, 0) is 0 Å². The van der Waals surface area contributed by atoms with E-state index >= 15 is 0 Å². The van der Waals surface area contributed by atoms with Gasteiger partial charge in [0.2, 0.25) is 0 Å². The first-order chi connectivity index (χ1) is 7.64. The molecule has 0 saturated heterocycles. The molecule has 0 rings (SSSR count). The maximum atomic E-state index is 4.22. The predicted molar refractivity (Wildman–Crippen MR) is 80.2 cm³/mol. The molecule has 0 bridgehead atoms. The zero-order chi connectivity index (χ0) is 13.6. The van der Waals surface area contributed by atoms with Crippen molar-refractivity contribution in [2.75, 3.05) is 0 Å². The van der Waals surface area contributed by atoms with Gasteiger partial charge < -0.3 is 0 Å². The molecule has 1 atom stereocenters. The van der Waals surface area contributed by atoms with Crippen LogP contribution in [-0.4, -0.2) is 0 Å². The zero-order valence-corrected chi connectivity index (χ0v) is 12.5. The van der Waals surface area contributed by atoms with Crippen LogP contribution in [0.5, 0.6) is 0 Å². The summed E-state index contributed by atoms with van der Waals surface area (Å²) >= 11 is 0. The Labute approximate surface area is 109 Å². The Morgan fingerprint density at radius 3 is 1.88 bits per heavy atom. The number of hydrogen-bond acceptors (Lipinski definition) is 0. The van der Waals surface area contributed by atoms with E-state index in [1.807, 2.05) is 0 Å². The molecule has 0 heteroatoms. The van der Waals surface area contributed by atoms with Crippen LogP contribution >= 0.6 is 0 Å². The minimum Gasteiger partial charge on any atom is -0.100 e. The largest absolute Gasteiger partial charge is 0.100 e. The summed E-state index contributed by atoms with van der Waals surface area (Å²) in [5, 5.41) is 0. The van der Waals surface area contributed by atoms with Crippen LogP contribution in [0.1, 0.15) is 60.3 Å². The maximum Gasteiger partial charge on any atom is -0.0123 e. The zero-order valence-electron chi connectivity index (χ0n) is 12.5. The molecule has 98 valence electrons. The minimum absolute atomic E-state index is 0.281. The van der Waals surface area contributed by atoms with Crippen molar-refractivity contribution in [2.24, 2.45) is 11.3 Å². The molecular weight excluding hydrogens is 204 g/mol. The van der Waals surface area contributed by atoms with Crippen LogP contribution in [0, 0.1) is 11.3 Å². The maximum absolute atomic E-state index is 4.22. The standard InChI is InChI=1S/C17H30/c1-13(2)10-9-11-15(5)12-16(14(3)4)17(6,7)8/h16H,1,3,5,9-12H2,2,4,6-8H3. The van der Waals surface area contributed by atoms with Crippen molar-refractivity contribution in [3.8, 4) is 0 Å². The van der Waals surface area contributed by atoms with Crippen LogP contribution in [0.25, 0.3) is 0 Å². The molecule has 0 aliphatic rings. The van der Waals surface area contributed by atoms with Gasteiger partial charge in [0.25, 0.3) is 0 Å². The van der Waals surface area contributed by atoms with Gasteiger partial charge in [-0.15, -0.1) is 6.58 Å². The van der Waals surface area contributed by atoms with E-state index in [2.05, 4.69) is 54.4 Å². The molecule has 0 aromatic heterocycles. The molecule has 0 aromatic carbocycles. The van der Waals surface area contributed by atoms with Crippen molar-refractivity contribution in [2.45, 2.75) is 60.3 Å². The fourth-order valence-electron chi connectivity index (χ4n) is 2.25. The van der Waals surface area contributed by atoms with Crippen molar-refractivity contribution in [1.29, 1.82) is 0 Å². The van der Waals surface area contributed by atoms with Gasteiger partial charge in [-0.25, -0.2) is 0 Å². The third kappa shape index (κ3) is 7.20. The Balaban J connectivity index is 4.24. The van der Waals surface area contributed by atoms with Crippen LogP contribution < -0.4 is 0 Å². The van der Waals surface area contributed by atoms with Gasteiger partial charge in [-0.05, 0) is 50.9 Å². The van der Waals surface area contributed by atoms with Crippen LogP contribution in [0.3, 0.4) is 0 Å². The minimum atomic E-state index is 0.281. The molecule has 0 saturated carbocycles. The van der Waals surface area contributed by atoms with Crippen molar-refractivity contribution < 1.29 is 0 Å². The van der Waals surface area contributed by atoms with E-state index in [1.165, 1.54) is 23.1 Å². The SMILES string of the molecule is C=C(C)CCCC(=C)CC(C(=C)C)C(C)(C)C. The molecule has 0 heterocycles. The Bertz CT molecular complexity index is 286.